The van der Waals surface area contributed by atoms with Crippen LogP contribution >= 0.6 is 23.2 Å². The normalized spacial score (nSPS) is 10.1. The number of halogens is 2. The van der Waals surface area contributed by atoms with Crippen LogP contribution in [0.15, 0.2) is 36.4 Å². The van der Waals surface area contributed by atoms with Gasteiger partial charge in [-0.25, -0.2) is 4.79 Å². The van der Waals surface area contributed by atoms with Crippen LogP contribution in [-0.4, -0.2) is 32.7 Å². The molecule has 1 N–H and O–H groups in total. The van der Waals surface area contributed by atoms with E-state index in [0.29, 0.717) is 22.2 Å². The number of carbonyl (C=O) groups excluding carboxylic acids is 2. The maximum Gasteiger partial charge on any atom is 0.338 e. The fourth-order valence-electron chi connectivity index (χ4n) is 1.92. The van der Waals surface area contributed by atoms with Gasteiger partial charge in [-0.1, -0.05) is 23.2 Å². The summed E-state index contributed by atoms with van der Waals surface area (Å²) in [5.41, 5.74) is 0.573. The quantitative estimate of drug-likeness (QED) is 0.767. The Bertz CT molecular complexity index is 772. The Morgan fingerprint density at radius 3 is 2.20 bits per heavy atom. The summed E-state index contributed by atoms with van der Waals surface area (Å²) in [7, 11) is 2.93. The first-order chi connectivity index (χ1) is 11.9. The molecule has 1 amide bonds. The fraction of sp³-hybridized carbons (Fsp3) is 0.176. The number of rotatable bonds is 6. The minimum Gasteiger partial charge on any atom is -0.497 e. The SMILES string of the molecule is COc1cc(OC)cc(C(=O)OCC(=O)Nc2ccc(Cl)cc2Cl)c1. The summed E-state index contributed by atoms with van der Waals surface area (Å²) in [6, 6.07) is 9.21. The molecule has 2 aromatic rings. The zero-order chi connectivity index (χ0) is 18.4. The van der Waals surface area contributed by atoms with Gasteiger partial charge in [0.25, 0.3) is 5.91 Å². The lowest BCUT2D eigenvalue weighted by Gasteiger charge is -2.10. The molecule has 132 valence electrons. The molecule has 0 fully saturated rings. The van der Waals surface area contributed by atoms with E-state index < -0.39 is 18.5 Å². The van der Waals surface area contributed by atoms with Crippen molar-refractivity contribution in [2.45, 2.75) is 0 Å². The monoisotopic (exact) mass is 383 g/mol. The van der Waals surface area contributed by atoms with Gasteiger partial charge in [0.2, 0.25) is 0 Å². The van der Waals surface area contributed by atoms with Gasteiger partial charge >= 0.3 is 5.97 Å². The van der Waals surface area contributed by atoms with Crippen LogP contribution in [0.5, 0.6) is 11.5 Å². The van der Waals surface area contributed by atoms with E-state index in [-0.39, 0.29) is 10.6 Å². The van der Waals surface area contributed by atoms with E-state index in [0.717, 1.165) is 0 Å². The number of amides is 1. The molecule has 0 heterocycles. The Labute approximate surface area is 154 Å². The smallest absolute Gasteiger partial charge is 0.338 e. The largest absolute Gasteiger partial charge is 0.497 e. The average molecular weight is 384 g/mol. The van der Waals surface area contributed by atoms with Crippen molar-refractivity contribution in [3.8, 4) is 11.5 Å². The van der Waals surface area contributed by atoms with Crippen LogP contribution in [0.1, 0.15) is 10.4 Å². The molecular weight excluding hydrogens is 369 g/mol. The van der Waals surface area contributed by atoms with Crippen molar-refractivity contribution in [3.05, 3.63) is 52.0 Å². The first-order valence-corrected chi connectivity index (χ1v) is 7.83. The lowest BCUT2D eigenvalue weighted by molar-refractivity contribution is -0.119. The zero-order valence-electron chi connectivity index (χ0n) is 13.5. The highest BCUT2D eigenvalue weighted by Gasteiger charge is 2.14. The van der Waals surface area contributed by atoms with Gasteiger partial charge in [-0.3, -0.25) is 4.79 Å². The maximum absolute atomic E-state index is 12.1. The van der Waals surface area contributed by atoms with E-state index in [4.69, 9.17) is 37.4 Å². The number of nitrogens with one attached hydrogen (secondary N) is 1. The highest BCUT2D eigenvalue weighted by Crippen LogP contribution is 2.25. The Balaban J connectivity index is 1.98. The Morgan fingerprint density at radius 2 is 1.64 bits per heavy atom. The molecule has 0 saturated heterocycles. The molecule has 0 aliphatic heterocycles. The standard InChI is InChI=1S/C17H15Cl2NO5/c1-23-12-5-10(6-13(8-12)24-2)17(22)25-9-16(21)20-15-4-3-11(18)7-14(15)19/h3-8H,9H2,1-2H3,(H,20,21). The molecule has 0 spiro atoms. The van der Waals surface area contributed by atoms with Gasteiger partial charge in [0.15, 0.2) is 6.61 Å². The number of methoxy groups -OCH3 is 2. The molecule has 25 heavy (non-hydrogen) atoms. The third-order valence-electron chi connectivity index (χ3n) is 3.13. The number of ether oxygens (including phenoxy) is 3. The molecule has 0 unspecified atom stereocenters. The van der Waals surface area contributed by atoms with Crippen molar-refractivity contribution < 1.29 is 23.8 Å². The molecule has 0 bridgehead atoms. The predicted octanol–water partition coefficient (Wildman–Crippen LogP) is 3.81. The topological polar surface area (TPSA) is 73.9 Å². The zero-order valence-corrected chi connectivity index (χ0v) is 15.0. The molecule has 6 nitrogen and oxygen atoms in total. The molecule has 0 atom stereocenters. The summed E-state index contributed by atoms with van der Waals surface area (Å²) in [6.45, 7) is -0.475. The van der Waals surface area contributed by atoms with E-state index >= 15 is 0 Å². The lowest BCUT2D eigenvalue weighted by Crippen LogP contribution is -2.21. The van der Waals surface area contributed by atoms with Gasteiger partial charge in [-0.2, -0.15) is 0 Å². The van der Waals surface area contributed by atoms with Crippen LogP contribution in [0, 0.1) is 0 Å². The lowest BCUT2D eigenvalue weighted by atomic mass is 10.2. The number of hydrogen-bond donors (Lipinski definition) is 1. The van der Waals surface area contributed by atoms with Gasteiger partial charge in [0.1, 0.15) is 11.5 Å². The van der Waals surface area contributed by atoms with E-state index in [1.807, 2.05) is 0 Å². The number of hydrogen-bond acceptors (Lipinski definition) is 5. The van der Waals surface area contributed by atoms with Crippen molar-refractivity contribution in [1.82, 2.24) is 0 Å². The van der Waals surface area contributed by atoms with Crippen LogP contribution in [0.4, 0.5) is 5.69 Å². The summed E-state index contributed by atoms with van der Waals surface area (Å²) in [5, 5.41) is 3.26. The predicted molar refractivity (Wildman–Crippen MR) is 94.9 cm³/mol. The third kappa shape index (κ3) is 5.27. The van der Waals surface area contributed by atoms with E-state index in [1.54, 1.807) is 18.2 Å². The Hall–Kier alpha value is -2.44. The van der Waals surface area contributed by atoms with Gasteiger partial charge < -0.3 is 19.5 Å². The van der Waals surface area contributed by atoms with Gasteiger partial charge in [0.05, 0.1) is 30.5 Å². The molecule has 0 aliphatic rings. The average Bonchev–Trinajstić information content (AvgIpc) is 2.61. The number of esters is 1. The maximum atomic E-state index is 12.1. The molecule has 0 aliphatic carbocycles. The second kappa shape index (κ2) is 8.60. The summed E-state index contributed by atoms with van der Waals surface area (Å²) in [4.78, 5) is 24.0. The molecule has 2 aromatic carbocycles. The Morgan fingerprint density at radius 1 is 1.00 bits per heavy atom. The molecular formula is C17H15Cl2NO5. The van der Waals surface area contributed by atoms with Crippen LogP contribution in [0.2, 0.25) is 10.0 Å². The number of carbonyl (C=O) groups is 2. The number of benzene rings is 2. The van der Waals surface area contributed by atoms with Gasteiger partial charge in [0, 0.05) is 11.1 Å². The second-order valence-corrected chi connectivity index (χ2v) is 5.69. The van der Waals surface area contributed by atoms with Crippen molar-refractivity contribution >= 4 is 40.8 Å². The minimum atomic E-state index is -0.686. The number of anilines is 1. The Kier molecular flexibility index (Phi) is 6.50. The summed E-state index contributed by atoms with van der Waals surface area (Å²) >= 11 is 11.8. The van der Waals surface area contributed by atoms with E-state index in [1.165, 1.54) is 32.4 Å². The highest BCUT2D eigenvalue weighted by molar-refractivity contribution is 6.36. The summed E-state index contributed by atoms with van der Waals surface area (Å²) in [6.07, 6.45) is 0. The van der Waals surface area contributed by atoms with Gasteiger partial charge in [-0.05, 0) is 30.3 Å². The molecule has 0 aromatic heterocycles. The first kappa shape index (κ1) is 18.9. The molecule has 8 heteroatoms. The molecule has 2 rings (SSSR count). The third-order valence-corrected chi connectivity index (χ3v) is 3.67. The summed E-state index contributed by atoms with van der Waals surface area (Å²) in [5.74, 6) is -0.352. The van der Waals surface area contributed by atoms with Crippen molar-refractivity contribution in [1.29, 1.82) is 0 Å². The fourth-order valence-corrected chi connectivity index (χ4v) is 2.37. The molecule has 0 saturated carbocycles. The summed E-state index contributed by atoms with van der Waals surface area (Å²) < 4.78 is 15.2. The second-order valence-electron chi connectivity index (χ2n) is 4.85. The van der Waals surface area contributed by atoms with Crippen LogP contribution in [-0.2, 0) is 9.53 Å². The highest BCUT2D eigenvalue weighted by atomic mass is 35.5. The van der Waals surface area contributed by atoms with Crippen LogP contribution < -0.4 is 14.8 Å². The first-order valence-electron chi connectivity index (χ1n) is 7.08. The van der Waals surface area contributed by atoms with E-state index in [2.05, 4.69) is 5.32 Å². The van der Waals surface area contributed by atoms with Crippen molar-refractivity contribution in [3.63, 3.8) is 0 Å². The van der Waals surface area contributed by atoms with Crippen molar-refractivity contribution in [2.75, 3.05) is 26.1 Å². The molecule has 0 radical (unpaired) electrons. The van der Waals surface area contributed by atoms with Crippen molar-refractivity contribution in [2.24, 2.45) is 0 Å². The van der Waals surface area contributed by atoms with E-state index in [9.17, 15) is 9.59 Å². The minimum absolute atomic E-state index is 0.202. The van der Waals surface area contributed by atoms with Crippen LogP contribution in [0.25, 0.3) is 0 Å². The van der Waals surface area contributed by atoms with Crippen LogP contribution in [0.3, 0.4) is 0 Å². The van der Waals surface area contributed by atoms with Gasteiger partial charge in [-0.15, -0.1) is 0 Å².